The maximum atomic E-state index is 14.0. The van der Waals surface area contributed by atoms with Crippen molar-refractivity contribution in [1.82, 2.24) is 24.6 Å². The van der Waals surface area contributed by atoms with E-state index in [0.717, 1.165) is 81.5 Å². The summed E-state index contributed by atoms with van der Waals surface area (Å²) in [4.78, 5) is 41.7. The van der Waals surface area contributed by atoms with E-state index < -0.39 is 41.2 Å². The molecule has 5 heterocycles. The quantitative estimate of drug-likeness (QED) is 0.0704. The van der Waals surface area contributed by atoms with Gasteiger partial charge >= 0.3 is 5.69 Å². The normalized spacial score (nSPS) is 21.3. The predicted octanol–water partition coefficient (Wildman–Crippen LogP) is 9.18. The highest BCUT2D eigenvalue weighted by Crippen LogP contribution is 2.54. The van der Waals surface area contributed by atoms with Crippen LogP contribution >= 0.6 is 0 Å². The number of piperidine rings is 1. The molecular formula is C49H61N9O7S2. The highest BCUT2D eigenvalue weighted by atomic mass is 32.2. The van der Waals surface area contributed by atoms with Gasteiger partial charge in [0.25, 0.3) is 15.9 Å². The van der Waals surface area contributed by atoms with Gasteiger partial charge in [-0.05, 0) is 123 Å². The van der Waals surface area contributed by atoms with Crippen molar-refractivity contribution in [2.45, 2.75) is 107 Å². The number of hydrogen-bond acceptors (Lipinski definition) is 13. The molecule has 1 amide bonds. The van der Waals surface area contributed by atoms with Gasteiger partial charge in [-0.25, -0.2) is 27.5 Å². The number of anilines is 2. The first-order chi connectivity index (χ1) is 32.0. The average Bonchev–Trinajstić information content (AvgIpc) is 3.97. The molecule has 5 aromatic rings. The van der Waals surface area contributed by atoms with E-state index in [0.29, 0.717) is 41.4 Å². The number of carbonyl (C=O) groups excluding carboxylic acids is 1. The second-order valence-electron chi connectivity index (χ2n) is 19.7. The number of carbonyl (C=O) groups is 1. The second-order valence-corrected chi connectivity index (χ2v) is 23.9. The van der Waals surface area contributed by atoms with Gasteiger partial charge in [0.15, 0.2) is 0 Å². The fourth-order valence-corrected chi connectivity index (χ4v) is 12.8. The number of benzene rings is 2. The fourth-order valence-electron chi connectivity index (χ4n) is 11.0. The summed E-state index contributed by atoms with van der Waals surface area (Å²) in [7, 11) is -6.84. The highest BCUT2D eigenvalue weighted by Gasteiger charge is 2.50. The SMILES string of the molecule is CC(C)c1ccccc1C1CCCN1C1CC2(CCN(c3ccc(C(=O)NS(=O)(=O)c4cnc(NCC5CCC(N=S(C)(C)=O)CC5)c([N+](=O)[O-])c4)c(Oc4cnc5[nH]ccc5c4)c3)CC2)C1. The van der Waals surface area contributed by atoms with Crippen LogP contribution in [-0.2, 0) is 19.8 Å². The lowest BCUT2D eigenvalue weighted by Gasteiger charge is -2.56. The van der Waals surface area contributed by atoms with Crippen LogP contribution < -0.4 is 19.7 Å². The van der Waals surface area contributed by atoms with E-state index in [1.165, 1.54) is 43.0 Å². The number of pyridine rings is 2. The molecule has 0 radical (unpaired) electrons. The van der Waals surface area contributed by atoms with Gasteiger partial charge < -0.3 is 19.9 Å². The first kappa shape index (κ1) is 46.5. The number of nitrogens with one attached hydrogen (secondary N) is 3. The van der Waals surface area contributed by atoms with Crippen molar-refractivity contribution in [2.75, 3.05) is 48.9 Å². The smallest absolute Gasteiger partial charge is 0.312 e. The molecule has 4 aliphatic rings. The van der Waals surface area contributed by atoms with Crippen molar-refractivity contribution in [1.29, 1.82) is 0 Å². The number of likely N-dealkylation sites (tertiary alicyclic amines) is 1. The van der Waals surface area contributed by atoms with Crippen molar-refractivity contribution in [3.8, 4) is 11.5 Å². The summed E-state index contributed by atoms with van der Waals surface area (Å²) >= 11 is 0. The number of hydrogen-bond donors (Lipinski definition) is 3. The molecule has 16 nitrogen and oxygen atoms in total. The summed E-state index contributed by atoms with van der Waals surface area (Å²) in [6.45, 7) is 7.76. The van der Waals surface area contributed by atoms with Crippen LogP contribution in [0.2, 0.25) is 0 Å². The van der Waals surface area contributed by atoms with Crippen molar-refractivity contribution >= 4 is 53.9 Å². The Balaban J connectivity index is 0.882. The summed E-state index contributed by atoms with van der Waals surface area (Å²) in [6, 6.07) is 19.7. The summed E-state index contributed by atoms with van der Waals surface area (Å²) in [5.74, 6) is 0.114. The van der Waals surface area contributed by atoms with E-state index in [-0.39, 0.29) is 29.1 Å². The largest absolute Gasteiger partial charge is 0.455 e. The first-order valence-corrected chi connectivity index (χ1v) is 27.3. The number of aromatic amines is 1. The van der Waals surface area contributed by atoms with E-state index in [1.807, 2.05) is 12.1 Å². The molecule has 4 fully saturated rings. The standard InChI is InChI=1S/C49H61N9O7S2/c1-32(2)40-8-5-6-9-41(40)43-10-7-21-57(43)37-27-49(28-37)18-22-56(23-19-49)36-15-16-42(45(25-36)65-38-24-34-17-20-50-46(34)52-30-38)48(59)55-67(63,64)39-26-44(58(60)61)47(53-31-39)51-29-33-11-13-35(14-12-33)54-66(3,4)62/h5-6,8-9,15-17,20,24-26,30-33,35,37,43H,7,10-14,18-19,21-23,27-29H2,1-4H3,(H,50,52)(H,51,53)(H,55,59). The molecule has 2 saturated carbocycles. The topological polar surface area (TPSA) is 205 Å². The Morgan fingerprint density at radius 3 is 2.46 bits per heavy atom. The van der Waals surface area contributed by atoms with Crippen molar-refractivity contribution in [2.24, 2.45) is 15.7 Å². The molecule has 18 heteroatoms. The van der Waals surface area contributed by atoms with E-state index in [2.05, 4.69) is 77.3 Å². The summed E-state index contributed by atoms with van der Waals surface area (Å²) < 4.78 is 52.5. The molecule has 3 N–H and O–H groups in total. The number of nitrogens with zero attached hydrogens (tertiary/aromatic N) is 6. The van der Waals surface area contributed by atoms with Gasteiger partial charge in [0.2, 0.25) is 5.82 Å². The predicted molar refractivity (Wildman–Crippen MR) is 261 cm³/mol. The number of fused-ring (bicyclic) bond motifs is 1. The molecule has 2 aromatic carbocycles. The number of H-pyrrole nitrogens is 1. The van der Waals surface area contributed by atoms with Crippen LogP contribution in [0.3, 0.4) is 0 Å². The number of nitro groups is 1. The third-order valence-electron chi connectivity index (χ3n) is 14.4. The molecule has 9 rings (SSSR count). The molecule has 3 aromatic heterocycles. The van der Waals surface area contributed by atoms with Crippen LogP contribution in [0, 0.1) is 21.4 Å². The number of ether oxygens (including phenoxy) is 1. The number of rotatable bonds is 14. The molecule has 1 unspecified atom stereocenters. The van der Waals surface area contributed by atoms with Crippen LogP contribution in [0.25, 0.3) is 11.0 Å². The van der Waals surface area contributed by atoms with Gasteiger partial charge in [-0.2, -0.15) is 0 Å². The van der Waals surface area contributed by atoms with Crippen molar-refractivity contribution in [3.63, 3.8) is 0 Å². The molecule has 2 saturated heterocycles. The second kappa shape index (κ2) is 18.8. The third-order valence-corrected chi connectivity index (χ3v) is 16.5. The van der Waals surface area contributed by atoms with Gasteiger partial charge in [-0.3, -0.25) is 24.0 Å². The zero-order valence-electron chi connectivity index (χ0n) is 38.6. The van der Waals surface area contributed by atoms with Crippen LogP contribution in [0.15, 0.2) is 88.5 Å². The van der Waals surface area contributed by atoms with Gasteiger partial charge in [0.1, 0.15) is 22.0 Å². The number of sulfonamides is 1. The maximum absolute atomic E-state index is 14.0. The minimum absolute atomic E-state index is 0.0218. The van der Waals surface area contributed by atoms with Crippen LogP contribution in [0.5, 0.6) is 11.5 Å². The fraction of sp³-hybridized carbons (Fsp3) is 0.490. The molecule has 1 spiro atoms. The summed E-state index contributed by atoms with van der Waals surface area (Å²) in [6.07, 6.45) is 17.6. The van der Waals surface area contributed by atoms with Gasteiger partial charge in [0, 0.05) is 83.4 Å². The third kappa shape index (κ3) is 10.3. The molecule has 2 aliphatic carbocycles. The molecule has 0 bridgehead atoms. The van der Waals surface area contributed by atoms with Crippen molar-refractivity contribution < 1.29 is 27.1 Å². The van der Waals surface area contributed by atoms with E-state index in [1.54, 1.807) is 36.9 Å². The van der Waals surface area contributed by atoms with E-state index >= 15 is 0 Å². The lowest BCUT2D eigenvalue weighted by Crippen LogP contribution is -2.54. The molecule has 1 atom stereocenters. The molecule has 356 valence electrons. The van der Waals surface area contributed by atoms with E-state index in [4.69, 9.17) is 4.74 Å². The van der Waals surface area contributed by atoms with Gasteiger partial charge in [-0.1, -0.05) is 38.1 Å². The minimum Gasteiger partial charge on any atom is -0.455 e. The number of aromatic nitrogens is 3. The average molecular weight is 952 g/mol. The zero-order valence-corrected chi connectivity index (χ0v) is 40.3. The van der Waals surface area contributed by atoms with Crippen LogP contribution in [-0.4, -0.2) is 94.1 Å². The van der Waals surface area contributed by atoms with Gasteiger partial charge in [-0.15, -0.1) is 0 Å². The molecular weight excluding hydrogens is 891 g/mol. The Morgan fingerprint density at radius 1 is 0.970 bits per heavy atom. The molecule has 2 aliphatic heterocycles. The van der Waals surface area contributed by atoms with Crippen LogP contribution in [0.1, 0.15) is 112 Å². The van der Waals surface area contributed by atoms with Crippen LogP contribution in [0.4, 0.5) is 17.2 Å². The maximum Gasteiger partial charge on any atom is 0.312 e. The Labute approximate surface area is 393 Å². The minimum atomic E-state index is -4.64. The Kier molecular flexibility index (Phi) is 13.1. The Bertz CT molecular complexity index is 2880. The summed E-state index contributed by atoms with van der Waals surface area (Å²) in [5.41, 5.74) is 4.18. The van der Waals surface area contributed by atoms with Crippen molar-refractivity contribution in [3.05, 3.63) is 106 Å². The first-order valence-electron chi connectivity index (χ1n) is 23.5. The number of amides is 1. The zero-order chi connectivity index (χ0) is 47.1. The Morgan fingerprint density at radius 2 is 1.73 bits per heavy atom. The lowest BCUT2D eigenvalue weighted by atomic mass is 9.59. The Hall–Kier alpha value is -5.59. The lowest BCUT2D eigenvalue weighted by molar-refractivity contribution is -0.384. The summed E-state index contributed by atoms with van der Waals surface area (Å²) in [5, 5.41) is 16.0. The molecule has 67 heavy (non-hydrogen) atoms. The van der Waals surface area contributed by atoms with Gasteiger partial charge in [0.05, 0.1) is 28.9 Å². The van der Waals surface area contributed by atoms with E-state index in [9.17, 15) is 27.5 Å². The highest BCUT2D eigenvalue weighted by molar-refractivity contribution is 7.92. The monoisotopic (exact) mass is 951 g/mol.